The van der Waals surface area contributed by atoms with E-state index in [9.17, 15) is 0 Å². The first-order valence-electron chi connectivity index (χ1n) is 5.74. The van der Waals surface area contributed by atoms with Crippen LogP contribution in [-0.4, -0.2) is 19.7 Å². The predicted octanol–water partition coefficient (Wildman–Crippen LogP) is 2.14. The number of nitrogens with zero attached hydrogens (tertiary/aromatic N) is 4. The third-order valence-electron chi connectivity index (χ3n) is 2.52. The fourth-order valence-corrected chi connectivity index (χ4v) is 2.42. The van der Waals surface area contributed by atoms with Crippen LogP contribution in [0.3, 0.4) is 0 Å². The van der Waals surface area contributed by atoms with Gasteiger partial charge in [-0.2, -0.15) is 0 Å². The van der Waals surface area contributed by atoms with Crippen molar-refractivity contribution in [2.75, 3.05) is 0 Å². The van der Waals surface area contributed by atoms with E-state index in [-0.39, 0.29) is 6.04 Å². The molecule has 0 spiro atoms. The summed E-state index contributed by atoms with van der Waals surface area (Å²) in [6, 6.07) is -0.0302. The van der Waals surface area contributed by atoms with Gasteiger partial charge >= 0.3 is 0 Å². The molecule has 1 unspecified atom stereocenters. The van der Waals surface area contributed by atoms with Gasteiger partial charge in [-0.25, -0.2) is 4.98 Å². The van der Waals surface area contributed by atoms with Gasteiger partial charge < -0.3 is 10.3 Å². The second-order valence-corrected chi connectivity index (χ2v) is 4.97. The van der Waals surface area contributed by atoms with Crippen molar-refractivity contribution >= 4 is 11.3 Å². The van der Waals surface area contributed by atoms with Gasteiger partial charge in [-0.3, -0.25) is 0 Å². The van der Waals surface area contributed by atoms with Gasteiger partial charge in [0.25, 0.3) is 0 Å². The summed E-state index contributed by atoms with van der Waals surface area (Å²) in [7, 11) is 0. The molecule has 92 valence electrons. The Kier molecular flexibility index (Phi) is 3.54. The van der Waals surface area contributed by atoms with Crippen molar-refractivity contribution in [1.82, 2.24) is 19.7 Å². The molecule has 0 aromatic carbocycles. The van der Waals surface area contributed by atoms with E-state index in [0.29, 0.717) is 0 Å². The summed E-state index contributed by atoms with van der Waals surface area (Å²) >= 11 is 1.57. The normalized spacial score (nSPS) is 12.9. The van der Waals surface area contributed by atoms with E-state index in [1.807, 2.05) is 19.2 Å². The minimum atomic E-state index is -0.0302. The number of hydrogen-bond acceptors (Lipinski definition) is 5. The number of nitrogens with two attached hydrogens (primary N) is 1. The van der Waals surface area contributed by atoms with Crippen molar-refractivity contribution in [3.8, 4) is 11.5 Å². The van der Waals surface area contributed by atoms with Gasteiger partial charge in [-0.05, 0) is 20.3 Å². The van der Waals surface area contributed by atoms with Gasteiger partial charge in [-0.1, -0.05) is 6.92 Å². The highest BCUT2D eigenvalue weighted by Crippen LogP contribution is 2.23. The lowest BCUT2D eigenvalue weighted by atomic mass is 10.3. The minimum Gasteiger partial charge on any atom is -0.322 e. The van der Waals surface area contributed by atoms with Crippen LogP contribution < -0.4 is 5.73 Å². The van der Waals surface area contributed by atoms with Crippen LogP contribution in [0.15, 0.2) is 5.38 Å². The fourth-order valence-electron chi connectivity index (χ4n) is 1.66. The van der Waals surface area contributed by atoms with Crippen molar-refractivity contribution < 1.29 is 0 Å². The highest BCUT2D eigenvalue weighted by atomic mass is 32.1. The summed E-state index contributed by atoms with van der Waals surface area (Å²) in [6.45, 7) is 6.95. The van der Waals surface area contributed by atoms with Gasteiger partial charge in [0, 0.05) is 11.9 Å². The zero-order valence-corrected chi connectivity index (χ0v) is 11.2. The molecule has 6 heteroatoms. The van der Waals surface area contributed by atoms with Crippen LogP contribution in [0, 0.1) is 6.92 Å². The molecule has 0 radical (unpaired) electrons. The van der Waals surface area contributed by atoms with Gasteiger partial charge in [-0.15, -0.1) is 21.5 Å². The molecule has 0 aliphatic heterocycles. The maximum absolute atomic E-state index is 5.81. The van der Waals surface area contributed by atoms with Gasteiger partial charge in [0.2, 0.25) is 0 Å². The Hall–Kier alpha value is -1.27. The molecule has 2 aromatic rings. The Morgan fingerprint density at radius 3 is 2.82 bits per heavy atom. The van der Waals surface area contributed by atoms with Gasteiger partial charge in [0.15, 0.2) is 5.82 Å². The summed E-state index contributed by atoms with van der Waals surface area (Å²) in [5.74, 6) is 1.77. The molecular formula is C11H17N5S. The number of rotatable bonds is 4. The van der Waals surface area contributed by atoms with E-state index in [4.69, 9.17) is 5.73 Å². The molecule has 0 saturated heterocycles. The molecule has 0 bridgehead atoms. The predicted molar refractivity (Wildman–Crippen MR) is 68.8 cm³/mol. The standard InChI is InChI=1S/C11H17N5S/c1-4-5-16-8(3)14-15-10(16)9-6-17-11(13-9)7(2)12/h6-7H,4-5,12H2,1-3H3. The largest absolute Gasteiger partial charge is 0.322 e. The molecule has 2 rings (SSSR count). The lowest BCUT2D eigenvalue weighted by molar-refractivity contribution is 0.661. The molecule has 0 aliphatic carbocycles. The van der Waals surface area contributed by atoms with Crippen molar-refractivity contribution in [2.24, 2.45) is 5.73 Å². The maximum atomic E-state index is 5.81. The van der Waals surface area contributed by atoms with E-state index in [2.05, 4.69) is 26.7 Å². The lowest BCUT2D eigenvalue weighted by Gasteiger charge is -2.04. The third-order valence-corrected chi connectivity index (χ3v) is 3.57. The second kappa shape index (κ2) is 4.93. The molecule has 2 aromatic heterocycles. The molecule has 2 heterocycles. The van der Waals surface area contributed by atoms with E-state index < -0.39 is 0 Å². The van der Waals surface area contributed by atoms with Crippen LogP contribution >= 0.6 is 11.3 Å². The van der Waals surface area contributed by atoms with E-state index >= 15 is 0 Å². The Balaban J connectivity index is 2.38. The van der Waals surface area contributed by atoms with E-state index in [0.717, 1.165) is 35.3 Å². The molecule has 0 fully saturated rings. The zero-order valence-electron chi connectivity index (χ0n) is 10.3. The van der Waals surface area contributed by atoms with Crippen molar-refractivity contribution in [3.05, 3.63) is 16.2 Å². The number of aromatic nitrogens is 4. The Bertz CT molecular complexity index is 500. The molecular weight excluding hydrogens is 234 g/mol. The van der Waals surface area contributed by atoms with Crippen molar-refractivity contribution in [2.45, 2.75) is 39.8 Å². The van der Waals surface area contributed by atoms with E-state index in [1.165, 1.54) is 0 Å². The van der Waals surface area contributed by atoms with Crippen LogP contribution in [0.2, 0.25) is 0 Å². The summed E-state index contributed by atoms with van der Waals surface area (Å²) in [6.07, 6.45) is 1.05. The number of thiazole rings is 1. The van der Waals surface area contributed by atoms with Crippen LogP contribution in [0.4, 0.5) is 0 Å². The molecule has 5 nitrogen and oxygen atoms in total. The lowest BCUT2D eigenvalue weighted by Crippen LogP contribution is -2.05. The van der Waals surface area contributed by atoms with Crippen LogP contribution in [0.5, 0.6) is 0 Å². The summed E-state index contributed by atoms with van der Waals surface area (Å²) in [4.78, 5) is 4.51. The quantitative estimate of drug-likeness (QED) is 0.903. The average molecular weight is 251 g/mol. The fraction of sp³-hybridized carbons (Fsp3) is 0.545. The maximum Gasteiger partial charge on any atom is 0.183 e. The minimum absolute atomic E-state index is 0.0302. The Labute approximate surface area is 105 Å². The first-order valence-corrected chi connectivity index (χ1v) is 6.62. The smallest absolute Gasteiger partial charge is 0.183 e. The second-order valence-electron chi connectivity index (χ2n) is 4.08. The molecule has 0 amide bonds. The number of hydrogen-bond donors (Lipinski definition) is 1. The monoisotopic (exact) mass is 251 g/mol. The van der Waals surface area contributed by atoms with Crippen molar-refractivity contribution in [3.63, 3.8) is 0 Å². The summed E-state index contributed by atoms with van der Waals surface area (Å²) < 4.78 is 2.10. The van der Waals surface area contributed by atoms with Gasteiger partial charge in [0.05, 0.1) is 6.04 Å². The third kappa shape index (κ3) is 2.37. The first-order chi connectivity index (χ1) is 8.13. The van der Waals surface area contributed by atoms with Crippen LogP contribution in [-0.2, 0) is 6.54 Å². The zero-order chi connectivity index (χ0) is 12.4. The molecule has 17 heavy (non-hydrogen) atoms. The van der Waals surface area contributed by atoms with Crippen molar-refractivity contribution in [1.29, 1.82) is 0 Å². The summed E-state index contributed by atoms with van der Waals surface area (Å²) in [5, 5.41) is 11.2. The van der Waals surface area contributed by atoms with E-state index in [1.54, 1.807) is 11.3 Å². The van der Waals surface area contributed by atoms with Gasteiger partial charge in [0.1, 0.15) is 16.5 Å². The molecule has 0 aliphatic rings. The average Bonchev–Trinajstić information content (AvgIpc) is 2.87. The molecule has 2 N–H and O–H groups in total. The Morgan fingerprint density at radius 1 is 1.47 bits per heavy atom. The molecule has 0 saturated carbocycles. The highest BCUT2D eigenvalue weighted by molar-refractivity contribution is 7.10. The molecule has 1 atom stereocenters. The SMILES string of the molecule is CCCn1c(C)nnc1-c1csc(C(C)N)n1. The van der Waals surface area contributed by atoms with Crippen LogP contribution in [0.1, 0.15) is 37.1 Å². The highest BCUT2D eigenvalue weighted by Gasteiger charge is 2.14. The topological polar surface area (TPSA) is 69.6 Å². The summed E-state index contributed by atoms with van der Waals surface area (Å²) in [5.41, 5.74) is 6.68. The first kappa shape index (κ1) is 12.2. The number of aryl methyl sites for hydroxylation is 1. The van der Waals surface area contributed by atoms with Crippen LogP contribution in [0.25, 0.3) is 11.5 Å². The Morgan fingerprint density at radius 2 is 2.24 bits per heavy atom.